The molecule has 0 saturated carbocycles. The number of piperidine rings is 1. The first-order valence-electron chi connectivity index (χ1n) is 6.94. The molecule has 3 rings (SSSR count). The fourth-order valence-electron chi connectivity index (χ4n) is 2.67. The predicted molar refractivity (Wildman–Crippen MR) is 75.2 cm³/mol. The Morgan fingerprint density at radius 2 is 2.20 bits per heavy atom. The Morgan fingerprint density at radius 3 is 2.85 bits per heavy atom. The molecule has 0 amide bonds. The van der Waals surface area contributed by atoms with Crippen LogP contribution in [0, 0.1) is 0 Å². The van der Waals surface area contributed by atoms with Crippen LogP contribution in [-0.4, -0.2) is 46.3 Å². The van der Waals surface area contributed by atoms with Gasteiger partial charge in [0.2, 0.25) is 12.3 Å². The van der Waals surface area contributed by atoms with Gasteiger partial charge in [0.25, 0.3) is 0 Å². The minimum absolute atomic E-state index is 0.545. The second-order valence-corrected chi connectivity index (χ2v) is 5.14. The number of nitrogens with zero attached hydrogens (tertiary/aromatic N) is 5. The fourth-order valence-corrected chi connectivity index (χ4v) is 2.67. The number of rotatable bonds is 4. The quantitative estimate of drug-likeness (QED) is 0.842. The number of pyridine rings is 1. The van der Waals surface area contributed by atoms with Gasteiger partial charge in [0.1, 0.15) is 5.82 Å². The molecule has 6 nitrogen and oxygen atoms in total. The van der Waals surface area contributed by atoms with E-state index in [4.69, 9.17) is 4.42 Å². The molecule has 1 aliphatic heterocycles. The van der Waals surface area contributed by atoms with Crippen LogP contribution in [0.4, 0.5) is 5.82 Å². The van der Waals surface area contributed by atoms with Crippen molar-refractivity contribution in [1.29, 1.82) is 0 Å². The molecule has 0 aliphatic carbocycles. The SMILES string of the molecule is CN(c1ccccn1)C1CCN(Cc2nnco2)CC1. The summed E-state index contributed by atoms with van der Waals surface area (Å²) in [5.41, 5.74) is 0. The van der Waals surface area contributed by atoms with E-state index in [2.05, 4.69) is 38.1 Å². The van der Waals surface area contributed by atoms with Crippen LogP contribution in [0.5, 0.6) is 0 Å². The molecule has 106 valence electrons. The smallest absolute Gasteiger partial charge is 0.230 e. The van der Waals surface area contributed by atoms with E-state index in [1.54, 1.807) is 0 Å². The van der Waals surface area contributed by atoms with Gasteiger partial charge in [-0.05, 0) is 25.0 Å². The maximum absolute atomic E-state index is 5.20. The minimum Gasteiger partial charge on any atom is -0.427 e. The highest BCUT2D eigenvalue weighted by Crippen LogP contribution is 2.20. The van der Waals surface area contributed by atoms with Crippen LogP contribution in [0.15, 0.2) is 35.2 Å². The second kappa shape index (κ2) is 6.00. The lowest BCUT2D eigenvalue weighted by Gasteiger charge is -2.36. The van der Waals surface area contributed by atoms with E-state index < -0.39 is 0 Å². The first-order chi connectivity index (χ1) is 9.83. The van der Waals surface area contributed by atoms with Gasteiger partial charge >= 0.3 is 0 Å². The Labute approximate surface area is 118 Å². The molecule has 0 unspecified atom stereocenters. The molecule has 3 heterocycles. The molecule has 1 saturated heterocycles. The molecule has 2 aromatic heterocycles. The highest BCUT2D eigenvalue weighted by atomic mass is 16.4. The summed E-state index contributed by atoms with van der Waals surface area (Å²) < 4.78 is 5.20. The molecule has 1 aliphatic rings. The van der Waals surface area contributed by atoms with Crippen LogP contribution in [0.1, 0.15) is 18.7 Å². The lowest BCUT2D eigenvalue weighted by Crippen LogP contribution is -2.43. The third kappa shape index (κ3) is 2.96. The van der Waals surface area contributed by atoms with E-state index in [0.29, 0.717) is 11.9 Å². The van der Waals surface area contributed by atoms with Crippen LogP contribution >= 0.6 is 0 Å². The summed E-state index contributed by atoms with van der Waals surface area (Å²) >= 11 is 0. The molecular weight excluding hydrogens is 254 g/mol. The normalized spacial score (nSPS) is 17.2. The Bertz CT molecular complexity index is 508. The van der Waals surface area contributed by atoms with Gasteiger partial charge in [-0.1, -0.05) is 6.07 Å². The van der Waals surface area contributed by atoms with Crippen LogP contribution in [0.3, 0.4) is 0 Å². The van der Waals surface area contributed by atoms with Crippen molar-refractivity contribution in [3.05, 3.63) is 36.7 Å². The van der Waals surface area contributed by atoms with Crippen LogP contribution in [-0.2, 0) is 6.54 Å². The van der Waals surface area contributed by atoms with E-state index in [1.807, 2.05) is 18.3 Å². The van der Waals surface area contributed by atoms with Crippen molar-refractivity contribution in [2.24, 2.45) is 0 Å². The van der Waals surface area contributed by atoms with Gasteiger partial charge in [-0.3, -0.25) is 4.90 Å². The lowest BCUT2D eigenvalue weighted by atomic mass is 10.0. The highest BCUT2D eigenvalue weighted by Gasteiger charge is 2.23. The van der Waals surface area contributed by atoms with Crippen LogP contribution in [0.25, 0.3) is 0 Å². The van der Waals surface area contributed by atoms with E-state index in [-0.39, 0.29) is 0 Å². The molecule has 0 bridgehead atoms. The maximum Gasteiger partial charge on any atom is 0.230 e. The van der Waals surface area contributed by atoms with Crippen molar-refractivity contribution in [2.75, 3.05) is 25.0 Å². The highest BCUT2D eigenvalue weighted by molar-refractivity contribution is 5.37. The van der Waals surface area contributed by atoms with E-state index >= 15 is 0 Å². The molecule has 0 atom stereocenters. The zero-order chi connectivity index (χ0) is 13.8. The number of hydrogen-bond donors (Lipinski definition) is 0. The van der Waals surface area contributed by atoms with Crippen molar-refractivity contribution in [3.8, 4) is 0 Å². The molecule has 0 N–H and O–H groups in total. The van der Waals surface area contributed by atoms with E-state index in [1.165, 1.54) is 6.39 Å². The zero-order valence-corrected chi connectivity index (χ0v) is 11.6. The van der Waals surface area contributed by atoms with E-state index in [9.17, 15) is 0 Å². The standard InChI is InChI=1S/C14H19N5O/c1-18(13-4-2-3-7-15-13)12-5-8-19(9-6-12)10-14-17-16-11-20-14/h2-4,7,11-12H,5-6,8-10H2,1H3. The van der Waals surface area contributed by atoms with Gasteiger partial charge in [0, 0.05) is 32.4 Å². The topological polar surface area (TPSA) is 58.3 Å². The van der Waals surface area contributed by atoms with Gasteiger partial charge in [0.15, 0.2) is 0 Å². The number of anilines is 1. The number of likely N-dealkylation sites (tertiary alicyclic amines) is 1. The lowest BCUT2D eigenvalue weighted by molar-refractivity contribution is 0.186. The van der Waals surface area contributed by atoms with Crippen molar-refractivity contribution in [3.63, 3.8) is 0 Å². The Balaban J connectivity index is 1.53. The number of hydrogen-bond acceptors (Lipinski definition) is 6. The van der Waals surface area contributed by atoms with Crippen molar-refractivity contribution in [1.82, 2.24) is 20.1 Å². The first kappa shape index (κ1) is 13.1. The van der Waals surface area contributed by atoms with Gasteiger partial charge in [-0.2, -0.15) is 0 Å². The molecule has 0 aromatic carbocycles. The molecular formula is C14H19N5O. The number of aromatic nitrogens is 3. The predicted octanol–water partition coefficient (Wildman–Crippen LogP) is 1.57. The first-order valence-corrected chi connectivity index (χ1v) is 6.94. The Hall–Kier alpha value is -1.95. The molecule has 6 heteroatoms. The molecule has 1 fully saturated rings. The van der Waals surface area contributed by atoms with Crippen molar-refractivity contribution in [2.45, 2.75) is 25.4 Å². The van der Waals surface area contributed by atoms with Crippen molar-refractivity contribution < 1.29 is 4.42 Å². The van der Waals surface area contributed by atoms with Gasteiger partial charge in [0.05, 0.1) is 6.54 Å². The minimum atomic E-state index is 0.545. The molecule has 20 heavy (non-hydrogen) atoms. The zero-order valence-electron chi connectivity index (χ0n) is 11.6. The molecule has 0 radical (unpaired) electrons. The largest absolute Gasteiger partial charge is 0.427 e. The van der Waals surface area contributed by atoms with Gasteiger partial charge in [-0.25, -0.2) is 4.98 Å². The third-order valence-corrected chi connectivity index (χ3v) is 3.88. The molecule has 0 spiro atoms. The summed E-state index contributed by atoms with van der Waals surface area (Å²) in [4.78, 5) is 9.05. The Kier molecular flexibility index (Phi) is 3.92. The monoisotopic (exact) mass is 273 g/mol. The summed E-state index contributed by atoms with van der Waals surface area (Å²) in [5, 5.41) is 7.64. The summed E-state index contributed by atoms with van der Waals surface area (Å²) in [6, 6.07) is 6.59. The second-order valence-electron chi connectivity index (χ2n) is 5.14. The molecule has 2 aromatic rings. The van der Waals surface area contributed by atoms with Crippen LogP contribution in [0.2, 0.25) is 0 Å². The van der Waals surface area contributed by atoms with Gasteiger partial charge in [-0.15, -0.1) is 10.2 Å². The van der Waals surface area contributed by atoms with Crippen LogP contribution < -0.4 is 4.90 Å². The summed E-state index contributed by atoms with van der Waals surface area (Å²) in [7, 11) is 2.13. The average molecular weight is 273 g/mol. The summed E-state index contributed by atoms with van der Waals surface area (Å²) in [6.45, 7) is 2.84. The average Bonchev–Trinajstić information content (AvgIpc) is 3.01. The fraction of sp³-hybridized carbons (Fsp3) is 0.500. The maximum atomic E-state index is 5.20. The van der Waals surface area contributed by atoms with Crippen molar-refractivity contribution >= 4 is 5.82 Å². The summed E-state index contributed by atoms with van der Waals surface area (Å²) in [6.07, 6.45) is 5.48. The Morgan fingerprint density at radius 1 is 1.35 bits per heavy atom. The van der Waals surface area contributed by atoms with Gasteiger partial charge < -0.3 is 9.32 Å². The summed E-state index contributed by atoms with van der Waals surface area (Å²) in [5.74, 6) is 1.74. The van der Waals surface area contributed by atoms with E-state index in [0.717, 1.165) is 38.3 Å². The third-order valence-electron chi connectivity index (χ3n) is 3.88.